The summed E-state index contributed by atoms with van der Waals surface area (Å²) >= 11 is 3.43. The molecule has 0 amide bonds. The molecule has 0 atom stereocenters. The van der Waals surface area contributed by atoms with Crippen LogP contribution < -0.4 is 9.47 Å². The number of carbonyl (C=O) groups excluding carboxylic acids is 2. The van der Waals surface area contributed by atoms with Crippen molar-refractivity contribution in [1.82, 2.24) is 15.4 Å². The minimum Gasteiger partial charge on any atom is -0.493 e. The van der Waals surface area contributed by atoms with Crippen molar-refractivity contribution in [2.45, 2.75) is 13.8 Å². The van der Waals surface area contributed by atoms with Crippen molar-refractivity contribution < 1.29 is 28.5 Å². The molecule has 2 rings (SSSR count). The first-order valence-electron chi connectivity index (χ1n) is 7.69. The fourth-order valence-corrected chi connectivity index (χ4v) is 2.60. The minimum atomic E-state index is -0.580. The number of carbonyl (C=O) groups is 2. The number of hydrogen-bond acceptors (Lipinski definition) is 8. The van der Waals surface area contributed by atoms with Crippen LogP contribution in [0.5, 0.6) is 11.5 Å². The normalized spacial score (nSPS) is 10.3. The van der Waals surface area contributed by atoms with Crippen LogP contribution in [0.4, 0.5) is 0 Å². The highest BCUT2D eigenvalue weighted by Gasteiger charge is 2.22. The number of aromatic amines is 1. The Morgan fingerprint density at radius 1 is 1.15 bits per heavy atom. The third kappa shape index (κ3) is 4.72. The zero-order valence-corrected chi connectivity index (χ0v) is 16.1. The Balaban J connectivity index is 2.28. The quantitative estimate of drug-likeness (QED) is 0.504. The van der Waals surface area contributed by atoms with Gasteiger partial charge in [-0.05, 0) is 35.0 Å². The topological polar surface area (TPSA) is 113 Å². The van der Waals surface area contributed by atoms with Gasteiger partial charge in [0.2, 0.25) is 0 Å². The minimum absolute atomic E-state index is 0.0677. The van der Waals surface area contributed by atoms with Gasteiger partial charge in [-0.2, -0.15) is 10.3 Å². The summed E-state index contributed by atoms with van der Waals surface area (Å²) in [5, 5.41) is 10.3. The van der Waals surface area contributed by atoms with Gasteiger partial charge in [0.25, 0.3) is 0 Å². The highest BCUT2D eigenvalue weighted by molar-refractivity contribution is 9.10. The molecule has 10 heteroatoms. The zero-order valence-electron chi connectivity index (χ0n) is 14.5. The molecule has 2 aromatic rings. The Morgan fingerprint density at radius 2 is 1.92 bits per heavy atom. The van der Waals surface area contributed by atoms with E-state index in [0.29, 0.717) is 27.2 Å². The largest absolute Gasteiger partial charge is 0.493 e. The van der Waals surface area contributed by atoms with Crippen LogP contribution in [0, 0.1) is 0 Å². The standard InChI is InChI=1S/C16H18BrN3O6/c1-4-24-16(22)15-14(18-20-19-15)10-7-12(23-3)13(8-11(10)17)26-6-5-25-9(2)21/h7-8H,4-6H2,1-3H3,(H,18,19,20). The van der Waals surface area contributed by atoms with Gasteiger partial charge in [-0.15, -0.1) is 5.10 Å². The van der Waals surface area contributed by atoms with Gasteiger partial charge < -0.3 is 18.9 Å². The van der Waals surface area contributed by atoms with E-state index < -0.39 is 5.97 Å². The first-order valence-corrected chi connectivity index (χ1v) is 8.49. The Morgan fingerprint density at radius 3 is 2.58 bits per heavy atom. The van der Waals surface area contributed by atoms with Crippen molar-refractivity contribution in [3.63, 3.8) is 0 Å². The molecule has 1 aromatic heterocycles. The SMILES string of the molecule is CCOC(=O)c1n[nH]nc1-c1cc(OC)c(OCCOC(C)=O)cc1Br. The molecule has 1 N–H and O–H groups in total. The van der Waals surface area contributed by atoms with E-state index in [1.54, 1.807) is 19.1 Å². The van der Waals surface area contributed by atoms with Crippen LogP contribution in [0.3, 0.4) is 0 Å². The maximum absolute atomic E-state index is 12.0. The number of benzene rings is 1. The molecule has 0 saturated carbocycles. The Labute approximate surface area is 158 Å². The first kappa shape index (κ1) is 19.7. The van der Waals surface area contributed by atoms with E-state index in [1.807, 2.05) is 0 Å². The van der Waals surface area contributed by atoms with Crippen LogP contribution in [0.25, 0.3) is 11.3 Å². The first-order chi connectivity index (χ1) is 12.5. The van der Waals surface area contributed by atoms with Crippen LogP contribution in [0.15, 0.2) is 16.6 Å². The summed E-state index contributed by atoms with van der Waals surface area (Å²) in [6.45, 7) is 3.54. The molecule has 0 bridgehead atoms. The average Bonchev–Trinajstić information content (AvgIpc) is 3.08. The molecule has 9 nitrogen and oxygen atoms in total. The fraction of sp³-hybridized carbons (Fsp3) is 0.375. The summed E-state index contributed by atoms with van der Waals surface area (Å²) in [5.74, 6) is -0.0984. The second-order valence-corrected chi connectivity index (χ2v) is 5.77. The van der Waals surface area contributed by atoms with Crippen LogP contribution >= 0.6 is 15.9 Å². The molecule has 1 aromatic carbocycles. The summed E-state index contributed by atoms with van der Waals surface area (Å²) in [5.41, 5.74) is 0.962. The lowest BCUT2D eigenvalue weighted by Gasteiger charge is -2.13. The fourth-order valence-electron chi connectivity index (χ4n) is 2.09. The number of nitrogens with one attached hydrogen (secondary N) is 1. The maximum atomic E-state index is 12.0. The summed E-state index contributed by atoms with van der Waals surface area (Å²) in [7, 11) is 1.49. The molecular weight excluding hydrogens is 410 g/mol. The van der Waals surface area contributed by atoms with Crippen molar-refractivity contribution >= 4 is 27.9 Å². The van der Waals surface area contributed by atoms with Gasteiger partial charge in [0.15, 0.2) is 17.2 Å². The van der Waals surface area contributed by atoms with Gasteiger partial charge in [0, 0.05) is 17.0 Å². The van der Waals surface area contributed by atoms with E-state index in [9.17, 15) is 9.59 Å². The summed E-state index contributed by atoms with van der Waals surface area (Å²) in [6, 6.07) is 3.33. The second kappa shape index (κ2) is 9.18. The maximum Gasteiger partial charge on any atom is 0.361 e. The van der Waals surface area contributed by atoms with E-state index in [2.05, 4.69) is 31.3 Å². The molecule has 0 fully saturated rings. The van der Waals surface area contributed by atoms with Gasteiger partial charge in [-0.3, -0.25) is 4.79 Å². The molecule has 0 spiro atoms. The third-order valence-electron chi connectivity index (χ3n) is 3.17. The number of esters is 2. The molecule has 0 aliphatic carbocycles. The van der Waals surface area contributed by atoms with E-state index in [1.165, 1.54) is 14.0 Å². The second-order valence-electron chi connectivity index (χ2n) is 4.91. The van der Waals surface area contributed by atoms with Crippen molar-refractivity contribution in [3.05, 3.63) is 22.3 Å². The Hall–Kier alpha value is -2.62. The third-order valence-corrected chi connectivity index (χ3v) is 3.83. The van der Waals surface area contributed by atoms with Crippen LogP contribution in [-0.4, -0.2) is 54.3 Å². The number of H-pyrrole nitrogens is 1. The number of methoxy groups -OCH3 is 1. The Bertz CT molecular complexity index is 792. The van der Waals surface area contributed by atoms with Crippen molar-refractivity contribution in [3.8, 4) is 22.8 Å². The summed E-state index contributed by atoms with van der Waals surface area (Å²) in [4.78, 5) is 22.8. The molecule has 0 radical (unpaired) electrons. The number of nitrogens with zero attached hydrogens (tertiary/aromatic N) is 2. The van der Waals surface area contributed by atoms with Gasteiger partial charge in [-0.25, -0.2) is 4.79 Å². The lowest BCUT2D eigenvalue weighted by atomic mass is 10.1. The average molecular weight is 428 g/mol. The number of hydrogen-bond donors (Lipinski definition) is 1. The molecule has 0 aliphatic heterocycles. The molecule has 140 valence electrons. The lowest BCUT2D eigenvalue weighted by Crippen LogP contribution is -2.10. The Kier molecular flexibility index (Phi) is 6.96. The molecular formula is C16H18BrN3O6. The van der Waals surface area contributed by atoms with Crippen LogP contribution in [-0.2, 0) is 14.3 Å². The predicted molar refractivity (Wildman–Crippen MR) is 94.2 cm³/mol. The van der Waals surface area contributed by atoms with Crippen molar-refractivity contribution in [2.75, 3.05) is 26.9 Å². The number of rotatable bonds is 8. The van der Waals surface area contributed by atoms with Crippen LogP contribution in [0.2, 0.25) is 0 Å². The number of ether oxygens (including phenoxy) is 4. The van der Waals surface area contributed by atoms with E-state index in [0.717, 1.165) is 0 Å². The summed E-state index contributed by atoms with van der Waals surface area (Å²) < 4.78 is 21.3. The number of aromatic nitrogens is 3. The molecule has 0 aliphatic rings. The van der Waals surface area contributed by atoms with Crippen LogP contribution in [0.1, 0.15) is 24.3 Å². The van der Waals surface area contributed by atoms with Crippen molar-refractivity contribution in [1.29, 1.82) is 0 Å². The van der Waals surface area contributed by atoms with Crippen molar-refractivity contribution in [2.24, 2.45) is 0 Å². The summed E-state index contributed by atoms with van der Waals surface area (Å²) in [6.07, 6.45) is 0. The predicted octanol–water partition coefficient (Wildman–Crippen LogP) is 2.36. The highest BCUT2D eigenvalue weighted by atomic mass is 79.9. The molecule has 26 heavy (non-hydrogen) atoms. The highest BCUT2D eigenvalue weighted by Crippen LogP contribution is 2.38. The molecule has 0 saturated heterocycles. The molecule has 1 heterocycles. The van der Waals surface area contributed by atoms with E-state index in [-0.39, 0.29) is 31.5 Å². The van der Waals surface area contributed by atoms with E-state index >= 15 is 0 Å². The number of halogens is 1. The molecule has 0 unspecified atom stereocenters. The zero-order chi connectivity index (χ0) is 19.1. The monoisotopic (exact) mass is 427 g/mol. The van der Waals surface area contributed by atoms with Gasteiger partial charge in [-0.1, -0.05) is 0 Å². The van der Waals surface area contributed by atoms with Gasteiger partial charge in [0.05, 0.1) is 13.7 Å². The lowest BCUT2D eigenvalue weighted by molar-refractivity contribution is -0.141. The van der Waals surface area contributed by atoms with Gasteiger partial charge >= 0.3 is 11.9 Å². The smallest absolute Gasteiger partial charge is 0.361 e. The van der Waals surface area contributed by atoms with Gasteiger partial charge in [0.1, 0.15) is 18.9 Å². The van der Waals surface area contributed by atoms with E-state index in [4.69, 9.17) is 18.9 Å².